The molecule has 1 aromatic carbocycles. The van der Waals surface area contributed by atoms with Crippen LogP contribution in [0.15, 0.2) is 24.3 Å². The minimum Gasteiger partial charge on any atom is -0.397 e. The number of para-hydroxylation sites is 2. The summed E-state index contributed by atoms with van der Waals surface area (Å²) in [4.78, 5) is 0. The van der Waals surface area contributed by atoms with Gasteiger partial charge in [0.1, 0.15) is 0 Å². The Labute approximate surface area is 64.2 Å². The van der Waals surface area contributed by atoms with Gasteiger partial charge in [0.15, 0.2) is 0 Å². The number of nitrogen functional groups attached to an aromatic ring is 2. The van der Waals surface area contributed by atoms with E-state index in [0.717, 1.165) is 0 Å². The summed E-state index contributed by atoms with van der Waals surface area (Å²) in [7, 11) is 0. The fraction of sp³-hybridized carbons (Fsp3) is 0. The van der Waals surface area contributed by atoms with Crippen LogP contribution in [0.25, 0.3) is 0 Å². The zero-order chi connectivity index (χ0) is 5.98. The van der Waals surface area contributed by atoms with Gasteiger partial charge in [-0.25, -0.2) is 0 Å². The molecule has 0 aliphatic carbocycles. The summed E-state index contributed by atoms with van der Waals surface area (Å²) in [5.74, 6) is 0. The molecular formula is C6H8N2Ni. The SMILES string of the molecule is Nc1ccccc1N.[Ni]. The number of hydrogen-bond acceptors (Lipinski definition) is 2. The molecule has 1 aromatic rings. The Morgan fingerprint density at radius 2 is 1.22 bits per heavy atom. The van der Waals surface area contributed by atoms with Gasteiger partial charge in [-0.2, -0.15) is 0 Å². The van der Waals surface area contributed by atoms with Crippen LogP contribution in [-0.4, -0.2) is 0 Å². The largest absolute Gasteiger partial charge is 0.397 e. The monoisotopic (exact) mass is 166 g/mol. The molecule has 4 N–H and O–H groups in total. The molecule has 0 aliphatic rings. The molecule has 0 unspecified atom stereocenters. The van der Waals surface area contributed by atoms with Crippen molar-refractivity contribution in [2.24, 2.45) is 0 Å². The quantitative estimate of drug-likeness (QED) is 0.444. The number of rotatable bonds is 0. The second-order valence-corrected chi connectivity index (χ2v) is 1.63. The van der Waals surface area contributed by atoms with Crippen molar-refractivity contribution in [3.8, 4) is 0 Å². The molecule has 0 atom stereocenters. The molecule has 1 rings (SSSR count). The van der Waals surface area contributed by atoms with Gasteiger partial charge < -0.3 is 11.5 Å². The van der Waals surface area contributed by atoms with Gasteiger partial charge >= 0.3 is 0 Å². The van der Waals surface area contributed by atoms with Crippen molar-refractivity contribution in [3.05, 3.63) is 24.3 Å². The van der Waals surface area contributed by atoms with Crippen molar-refractivity contribution in [2.45, 2.75) is 0 Å². The van der Waals surface area contributed by atoms with E-state index in [1.807, 2.05) is 12.1 Å². The number of nitrogens with two attached hydrogens (primary N) is 2. The average Bonchev–Trinajstić information content (AvgIpc) is 1.77. The smallest absolute Gasteiger partial charge is 0.0547 e. The van der Waals surface area contributed by atoms with Gasteiger partial charge in [0, 0.05) is 16.5 Å². The van der Waals surface area contributed by atoms with E-state index in [4.69, 9.17) is 11.5 Å². The maximum Gasteiger partial charge on any atom is 0.0547 e. The first-order chi connectivity index (χ1) is 3.80. The van der Waals surface area contributed by atoms with E-state index in [9.17, 15) is 0 Å². The molecule has 0 aliphatic heterocycles. The van der Waals surface area contributed by atoms with Crippen molar-refractivity contribution >= 4 is 11.4 Å². The van der Waals surface area contributed by atoms with Crippen molar-refractivity contribution in [2.75, 3.05) is 11.5 Å². The molecule has 9 heavy (non-hydrogen) atoms. The van der Waals surface area contributed by atoms with Gasteiger partial charge in [-0.05, 0) is 12.1 Å². The average molecular weight is 167 g/mol. The Balaban J connectivity index is 0.000000640. The van der Waals surface area contributed by atoms with E-state index >= 15 is 0 Å². The van der Waals surface area contributed by atoms with Crippen LogP contribution in [-0.2, 0) is 16.5 Å². The summed E-state index contributed by atoms with van der Waals surface area (Å²) in [6.45, 7) is 0. The molecule has 0 saturated heterocycles. The molecule has 0 fully saturated rings. The topological polar surface area (TPSA) is 52.0 Å². The third kappa shape index (κ3) is 1.94. The van der Waals surface area contributed by atoms with Crippen LogP contribution in [0.1, 0.15) is 0 Å². The second-order valence-electron chi connectivity index (χ2n) is 1.63. The molecular weight excluding hydrogens is 159 g/mol. The van der Waals surface area contributed by atoms with Crippen molar-refractivity contribution < 1.29 is 16.5 Å². The van der Waals surface area contributed by atoms with Crippen LogP contribution in [0.2, 0.25) is 0 Å². The molecule has 52 valence electrons. The molecule has 3 heteroatoms. The molecule has 2 nitrogen and oxygen atoms in total. The van der Waals surface area contributed by atoms with Gasteiger partial charge in [0.05, 0.1) is 11.4 Å². The van der Waals surface area contributed by atoms with E-state index in [1.165, 1.54) is 0 Å². The van der Waals surface area contributed by atoms with E-state index < -0.39 is 0 Å². The van der Waals surface area contributed by atoms with Crippen LogP contribution in [0.3, 0.4) is 0 Å². The van der Waals surface area contributed by atoms with E-state index in [2.05, 4.69) is 0 Å². The first-order valence-corrected chi connectivity index (χ1v) is 2.40. The van der Waals surface area contributed by atoms with Crippen LogP contribution in [0.5, 0.6) is 0 Å². The molecule has 0 aromatic heterocycles. The Morgan fingerprint density at radius 3 is 1.44 bits per heavy atom. The standard InChI is InChI=1S/C6H8N2.Ni/c7-5-3-1-2-4-6(5)8;/h1-4H,7-8H2;. The molecule has 0 saturated carbocycles. The zero-order valence-corrected chi connectivity index (χ0v) is 5.77. The summed E-state index contributed by atoms with van der Waals surface area (Å²) in [6.07, 6.45) is 0. The van der Waals surface area contributed by atoms with Crippen LogP contribution in [0.4, 0.5) is 11.4 Å². The van der Waals surface area contributed by atoms with E-state index in [1.54, 1.807) is 12.1 Å². The Bertz CT molecular complexity index is 167. The molecule has 0 radical (unpaired) electrons. The summed E-state index contributed by atoms with van der Waals surface area (Å²) < 4.78 is 0. The summed E-state index contributed by atoms with van der Waals surface area (Å²) in [6, 6.07) is 7.25. The second kappa shape index (κ2) is 3.36. The van der Waals surface area contributed by atoms with Gasteiger partial charge in [-0.15, -0.1) is 0 Å². The fourth-order valence-corrected chi connectivity index (χ4v) is 0.511. The van der Waals surface area contributed by atoms with Crippen molar-refractivity contribution in [3.63, 3.8) is 0 Å². The molecule has 0 amide bonds. The third-order valence-electron chi connectivity index (χ3n) is 0.996. The Kier molecular flexibility index (Phi) is 3.10. The van der Waals surface area contributed by atoms with Gasteiger partial charge in [-0.3, -0.25) is 0 Å². The van der Waals surface area contributed by atoms with E-state index in [0.29, 0.717) is 11.4 Å². The summed E-state index contributed by atoms with van der Waals surface area (Å²) in [5, 5.41) is 0. The first-order valence-electron chi connectivity index (χ1n) is 2.40. The van der Waals surface area contributed by atoms with Gasteiger partial charge in [0.25, 0.3) is 0 Å². The van der Waals surface area contributed by atoms with Crippen LogP contribution < -0.4 is 11.5 Å². The van der Waals surface area contributed by atoms with Crippen molar-refractivity contribution in [1.29, 1.82) is 0 Å². The molecule has 0 bridgehead atoms. The predicted octanol–water partition coefficient (Wildman–Crippen LogP) is 0.849. The summed E-state index contributed by atoms with van der Waals surface area (Å²) in [5.41, 5.74) is 12.1. The van der Waals surface area contributed by atoms with Gasteiger partial charge in [0.2, 0.25) is 0 Å². The minimum absolute atomic E-state index is 0. The normalized spacial score (nSPS) is 8.00. The maximum absolute atomic E-state index is 5.39. The third-order valence-corrected chi connectivity index (χ3v) is 0.996. The zero-order valence-electron chi connectivity index (χ0n) is 4.78. The van der Waals surface area contributed by atoms with E-state index in [-0.39, 0.29) is 16.5 Å². The van der Waals surface area contributed by atoms with Crippen molar-refractivity contribution in [1.82, 2.24) is 0 Å². The minimum atomic E-state index is 0. The fourth-order valence-electron chi connectivity index (χ4n) is 0.511. The van der Waals surface area contributed by atoms with Crippen LogP contribution >= 0.6 is 0 Å². The predicted molar refractivity (Wildman–Crippen MR) is 35.3 cm³/mol. The maximum atomic E-state index is 5.39. The summed E-state index contributed by atoms with van der Waals surface area (Å²) >= 11 is 0. The Morgan fingerprint density at radius 1 is 0.889 bits per heavy atom. The van der Waals surface area contributed by atoms with Gasteiger partial charge in [-0.1, -0.05) is 12.1 Å². The van der Waals surface area contributed by atoms with Crippen LogP contribution in [0, 0.1) is 0 Å². The number of benzene rings is 1. The molecule has 0 heterocycles. The Hall–Kier alpha value is -0.686. The molecule has 0 spiro atoms. The number of hydrogen-bond donors (Lipinski definition) is 2. The first kappa shape index (κ1) is 8.31. The number of anilines is 2.